The monoisotopic (exact) mass is 259 g/mol. The fourth-order valence-electron chi connectivity index (χ4n) is 1.20. The Hall–Kier alpha value is -1.33. The Kier molecular flexibility index (Phi) is 5.72. The van der Waals surface area contributed by atoms with Crippen LogP contribution in [0, 0.1) is 10.1 Å². The van der Waals surface area contributed by atoms with Crippen molar-refractivity contribution < 1.29 is 14.4 Å². The molecule has 1 aromatic carbocycles. The second-order valence-electron chi connectivity index (χ2n) is 3.27. The smallest absolute Gasteiger partial charge is 0.273 e. The first-order chi connectivity index (χ1) is 8.15. The van der Waals surface area contributed by atoms with E-state index in [1.807, 2.05) is 6.92 Å². The number of nitro groups is 1. The van der Waals surface area contributed by atoms with Gasteiger partial charge in [-0.15, -0.1) is 0 Å². The third kappa shape index (κ3) is 4.58. The summed E-state index contributed by atoms with van der Waals surface area (Å²) in [7, 11) is 0. The van der Waals surface area contributed by atoms with E-state index >= 15 is 0 Å². The van der Waals surface area contributed by atoms with E-state index in [-0.39, 0.29) is 5.69 Å². The van der Waals surface area contributed by atoms with Gasteiger partial charge in [0.25, 0.3) is 5.69 Å². The standard InChI is InChI=1S/C11H14ClNO4/c1-2-16-6-3-7-17-11-8-9(13(14)15)4-5-10(11)12/h4-5,8H,2-3,6-7H2,1H3. The minimum Gasteiger partial charge on any atom is -0.492 e. The summed E-state index contributed by atoms with van der Waals surface area (Å²) in [5.74, 6) is 0.331. The number of halogens is 1. The molecule has 0 aliphatic heterocycles. The lowest BCUT2D eigenvalue weighted by atomic mass is 10.3. The summed E-state index contributed by atoms with van der Waals surface area (Å²) in [6, 6.07) is 4.12. The van der Waals surface area contributed by atoms with Gasteiger partial charge < -0.3 is 9.47 Å². The van der Waals surface area contributed by atoms with Crippen molar-refractivity contribution in [3.05, 3.63) is 33.3 Å². The Morgan fingerprint density at radius 2 is 2.18 bits per heavy atom. The minimum atomic E-state index is -0.483. The molecule has 0 saturated heterocycles. The second-order valence-corrected chi connectivity index (χ2v) is 3.68. The molecule has 0 heterocycles. The Morgan fingerprint density at radius 3 is 2.82 bits per heavy atom. The van der Waals surface area contributed by atoms with Crippen LogP contribution in [0.15, 0.2) is 18.2 Å². The van der Waals surface area contributed by atoms with E-state index in [0.717, 1.165) is 0 Å². The van der Waals surface area contributed by atoms with E-state index in [9.17, 15) is 10.1 Å². The minimum absolute atomic E-state index is 0.0331. The highest BCUT2D eigenvalue weighted by atomic mass is 35.5. The summed E-state index contributed by atoms with van der Waals surface area (Å²) in [5, 5.41) is 10.9. The van der Waals surface area contributed by atoms with Crippen molar-refractivity contribution in [3.8, 4) is 5.75 Å². The average molecular weight is 260 g/mol. The molecule has 1 rings (SSSR count). The third-order valence-corrected chi connectivity index (χ3v) is 2.33. The van der Waals surface area contributed by atoms with Crippen molar-refractivity contribution in [2.45, 2.75) is 13.3 Å². The summed E-state index contributed by atoms with van der Waals surface area (Å²) in [6.45, 7) is 3.60. The van der Waals surface area contributed by atoms with Gasteiger partial charge in [0.05, 0.1) is 22.6 Å². The molecule has 0 bridgehead atoms. The van der Waals surface area contributed by atoms with Gasteiger partial charge in [0.2, 0.25) is 0 Å². The zero-order valence-corrected chi connectivity index (χ0v) is 10.3. The highest BCUT2D eigenvalue weighted by Gasteiger charge is 2.10. The summed E-state index contributed by atoms with van der Waals surface area (Å²) in [6.07, 6.45) is 0.715. The lowest BCUT2D eigenvalue weighted by molar-refractivity contribution is -0.384. The highest BCUT2D eigenvalue weighted by molar-refractivity contribution is 6.32. The molecule has 0 spiro atoms. The molecule has 0 aromatic heterocycles. The number of ether oxygens (including phenoxy) is 2. The van der Waals surface area contributed by atoms with Gasteiger partial charge in [-0.25, -0.2) is 0 Å². The molecule has 0 amide bonds. The van der Waals surface area contributed by atoms with Crippen LogP contribution in [0.25, 0.3) is 0 Å². The van der Waals surface area contributed by atoms with Crippen LogP contribution < -0.4 is 4.74 Å². The zero-order valence-electron chi connectivity index (χ0n) is 9.52. The van der Waals surface area contributed by atoms with Crippen molar-refractivity contribution in [1.82, 2.24) is 0 Å². The van der Waals surface area contributed by atoms with Crippen LogP contribution in [0.1, 0.15) is 13.3 Å². The molecule has 0 aliphatic carbocycles. The van der Waals surface area contributed by atoms with E-state index in [1.165, 1.54) is 18.2 Å². The molecule has 17 heavy (non-hydrogen) atoms. The van der Waals surface area contributed by atoms with Crippen LogP contribution in [0.3, 0.4) is 0 Å². The molecule has 0 atom stereocenters. The predicted molar refractivity (Wildman–Crippen MR) is 64.7 cm³/mol. The fraction of sp³-hybridized carbons (Fsp3) is 0.455. The van der Waals surface area contributed by atoms with E-state index in [1.54, 1.807) is 0 Å². The van der Waals surface area contributed by atoms with Crippen LogP contribution in [-0.2, 0) is 4.74 Å². The molecule has 0 radical (unpaired) electrons. The number of non-ortho nitro benzene ring substituents is 1. The van der Waals surface area contributed by atoms with Gasteiger partial charge in [0.15, 0.2) is 0 Å². The first-order valence-electron chi connectivity index (χ1n) is 5.29. The molecular weight excluding hydrogens is 246 g/mol. The molecule has 1 aromatic rings. The molecule has 0 unspecified atom stereocenters. The van der Waals surface area contributed by atoms with Crippen LogP contribution in [0.5, 0.6) is 5.75 Å². The summed E-state index contributed by atoms with van der Waals surface area (Å²) in [4.78, 5) is 10.1. The predicted octanol–water partition coefficient (Wildman–Crippen LogP) is 3.05. The first-order valence-corrected chi connectivity index (χ1v) is 5.67. The van der Waals surface area contributed by atoms with Crippen molar-refractivity contribution in [2.24, 2.45) is 0 Å². The SMILES string of the molecule is CCOCCCOc1cc([N+](=O)[O-])ccc1Cl. The van der Waals surface area contributed by atoms with E-state index in [2.05, 4.69) is 0 Å². The van der Waals surface area contributed by atoms with Gasteiger partial charge in [-0.2, -0.15) is 0 Å². The quantitative estimate of drug-likeness (QED) is 0.429. The molecule has 0 N–H and O–H groups in total. The van der Waals surface area contributed by atoms with Crippen molar-refractivity contribution in [1.29, 1.82) is 0 Å². The zero-order chi connectivity index (χ0) is 12.7. The van der Waals surface area contributed by atoms with Crippen LogP contribution >= 0.6 is 11.6 Å². The molecular formula is C11H14ClNO4. The first kappa shape index (κ1) is 13.7. The number of nitro benzene ring substituents is 1. The fourth-order valence-corrected chi connectivity index (χ4v) is 1.38. The molecule has 94 valence electrons. The number of hydrogen-bond acceptors (Lipinski definition) is 4. The van der Waals surface area contributed by atoms with Gasteiger partial charge in [0, 0.05) is 25.7 Å². The van der Waals surface area contributed by atoms with E-state index in [0.29, 0.717) is 37.0 Å². The maximum atomic E-state index is 10.6. The topological polar surface area (TPSA) is 61.6 Å². The second kappa shape index (κ2) is 7.09. The average Bonchev–Trinajstić information content (AvgIpc) is 2.30. The van der Waals surface area contributed by atoms with Gasteiger partial charge in [-0.05, 0) is 13.0 Å². The van der Waals surface area contributed by atoms with E-state index < -0.39 is 4.92 Å². The molecule has 0 saturated carbocycles. The van der Waals surface area contributed by atoms with Crippen molar-refractivity contribution in [3.63, 3.8) is 0 Å². The third-order valence-electron chi connectivity index (χ3n) is 2.02. The largest absolute Gasteiger partial charge is 0.492 e. The lowest BCUT2D eigenvalue weighted by Crippen LogP contribution is -2.03. The van der Waals surface area contributed by atoms with E-state index in [4.69, 9.17) is 21.1 Å². The highest BCUT2D eigenvalue weighted by Crippen LogP contribution is 2.28. The molecule has 6 heteroatoms. The number of nitrogens with zero attached hydrogens (tertiary/aromatic N) is 1. The summed E-state index contributed by atoms with van der Waals surface area (Å²) < 4.78 is 10.5. The Morgan fingerprint density at radius 1 is 1.41 bits per heavy atom. The Bertz CT molecular complexity index is 384. The van der Waals surface area contributed by atoms with Crippen LogP contribution in [0.4, 0.5) is 5.69 Å². The normalized spacial score (nSPS) is 10.2. The Labute approximate surface area is 104 Å². The maximum absolute atomic E-state index is 10.6. The Balaban J connectivity index is 2.51. The number of rotatable bonds is 7. The number of hydrogen-bond donors (Lipinski definition) is 0. The van der Waals surface area contributed by atoms with Gasteiger partial charge in [-0.3, -0.25) is 10.1 Å². The van der Waals surface area contributed by atoms with Crippen molar-refractivity contribution in [2.75, 3.05) is 19.8 Å². The summed E-state index contributed by atoms with van der Waals surface area (Å²) in [5.41, 5.74) is -0.0331. The van der Waals surface area contributed by atoms with Gasteiger partial charge in [-0.1, -0.05) is 11.6 Å². The van der Waals surface area contributed by atoms with Crippen LogP contribution in [0.2, 0.25) is 5.02 Å². The number of benzene rings is 1. The maximum Gasteiger partial charge on any atom is 0.273 e. The summed E-state index contributed by atoms with van der Waals surface area (Å²) >= 11 is 5.86. The lowest BCUT2D eigenvalue weighted by Gasteiger charge is -2.07. The van der Waals surface area contributed by atoms with Crippen molar-refractivity contribution >= 4 is 17.3 Å². The molecule has 5 nitrogen and oxygen atoms in total. The molecule has 0 aliphatic rings. The molecule has 0 fully saturated rings. The van der Waals surface area contributed by atoms with Gasteiger partial charge in [0.1, 0.15) is 5.75 Å². The van der Waals surface area contributed by atoms with Gasteiger partial charge >= 0.3 is 0 Å². The van der Waals surface area contributed by atoms with Crippen LogP contribution in [-0.4, -0.2) is 24.7 Å².